The van der Waals surface area contributed by atoms with Crippen molar-refractivity contribution in [3.8, 4) is 0 Å². The molecule has 18 heavy (non-hydrogen) atoms. The number of aromatic nitrogens is 1. The number of hydrogen-bond donors (Lipinski definition) is 1. The van der Waals surface area contributed by atoms with Gasteiger partial charge in [-0.25, -0.2) is 0 Å². The van der Waals surface area contributed by atoms with Crippen LogP contribution in [0.25, 0.3) is 0 Å². The Balaban J connectivity index is 1.78. The molecule has 0 aliphatic heterocycles. The maximum absolute atomic E-state index is 6.30. The van der Waals surface area contributed by atoms with E-state index in [9.17, 15) is 0 Å². The summed E-state index contributed by atoms with van der Waals surface area (Å²) in [5.74, 6) is 1.96. The second-order valence-electron chi connectivity index (χ2n) is 6.72. The lowest BCUT2D eigenvalue weighted by atomic mass is 9.93. The molecule has 0 spiro atoms. The molecule has 0 aromatic carbocycles. The summed E-state index contributed by atoms with van der Waals surface area (Å²) in [5.41, 5.74) is 10.8. The van der Waals surface area contributed by atoms with Crippen molar-refractivity contribution >= 4 is 0 Å². The van der Waals surface area contributed by atoms with Gasteiger partial charge in [-0.2, -0.15) is 0 Å². The molecule has 4 rings (SSSR count). The average molecular weight is 244 g/mol. The SMILES string of the molecule is Cc1cc2c(n1C(C1CC1)C1CC1)CCCC2N. The summed E-state index contributed by atoms with van der Waals surface area (Å²) in [7, 11) is 0. The van der Waals surface area contributed by atoms with E-state index in [2.05, 4.69) is 17.6 Å². The molecule has 2 fully saturated rings. The van der Waals surface area contributed by atoms with Crippen LogP contribution in [0, 0.1) is 18.8 Å². The molecule has 0 radical (unpaired) electrons. The van der Waals surface area contributed by atoms with Crippen LogP contribution in [0.2, 0.25) is 0 Å². The smallest absolute Gasteiger partial charge is 0.0392 e. The van der Waals surface area contributed by atoms with Crippen LogP contribution in [0.3, 0.4) is 0 Å². The Morgan fingerprint density at radius 2 is 1.83 bits per heavy atom. The van der Waals surface area contributed by atoms with Crippen molar-refractivity contribution in [3.63, 3.8) is 0 Å². The first-order valence-electron chi connectivity index (χ1n) is 7.72. The van der Waals surface area contributed by atoms with Gasteiger partial charge >= 0.3 is 0 Å². The summed E-state index contributed by atoms with van der Waals surface area (Å²) in [4.78, 5) is 0. The van der Waals surface area contributed by atoms with Gasteiger partial charge in [0.05, 0.1) is 0 Å². The van der Waals surface area contributed by atoms with Crippen LogP contribution in [-0.4, -0.2) is 4.57 Å². The van der Waals surface area contributed by atoms with Crippen LogP contribution in [0.15, 0.2) is 6.07 Å². The zero-order valence-electron chi connectivity index (χ0n) is 11.4. The lowest BCUT2D eigenvalue weighted by Crippen LogP contribution is -2.22. The van der Waals surface area contributed by atoms with Gasteiger partial charge in [-0.1, -0.05) is 0 Å². The molecule has 3 aliphatic rings. The molecule has 0 bridgehead atoms. The van der Waals surface area contributed by atoms with Crippen molar-refractivity contribution in [3.05, 3.63) is 23.0 Å². The molecule has 2 N–H and O–H groups in total. The number of nitrogens with zero attached hydrogens (tertiary/aromatic N) is 1. The van der Waals surface area contributed by atoms with Gasteiger partial charge in [0.2, 0.25) is 0 Å². The van der Waals surface area contributed by atoms with Gasteiger partial charge in [0, 0.05) is 23.5 Å². The van der Waals surface area contributed by atoms with Gasteiger partial charge in [0.1, 0.15) is 0 Å². The topological polar surface area (TPSA) is 30.9 Å². The minimum Gasteiger partial charge on any atom is -0.345 e. The molecule has 1 unspecified atom stereocenters. The molecule has 1 heterocycles. The fraction of sp³-hybridized carbons (Fsp3) is 0.750. The van der Waals surface area contributed by atoms with E-state index in [0.717, 1.165) is 17.9 Å². The Morgan fingerprint density at radius 1 is 1.17 bits per heavy atom. The molecule has 2 nitrogen and oxygen atoms in total. The maximum atomic E-state index is 6.30. The highest BCUT2D eigenvalue weighted by Crippen LogP contribution is 2.53. The van der Waals surface area contributed by atoms with Crippen LogP contribution in [0.5, 0.6) is 0 Å². The van der Waals surface area contributed by atoms with E-state index in [1.165, 1.54) is 56.2 Å². The van der Waals surface area contributed by atoms with Gasteiger partial charge < -0.3 is 10.3 Å². The van der Waals surface area contributed by atoms with Crippen LogP contribution in [0.1, 0.15) is 67.6 Å². The Kier molecular flexibility index (Phi) is 2.38. The van der Waals surface area contributed by atoms with E-state index in [-0.39, 0.29) is 0 Å². The Hall–Kier alpha value is -0.760. The number of fused-ring (bicyclic) bond motifs is 1. The van der Waals surface area contributed by atoms with Crippen LogP contribution < -0.4 is 5.73 Å². The van der Waals surface area contributed by atoms with E-state index in [1.54, 1.807) is 5.69 Å². The second-order valence-corrected chi connectivity index (χ2v) is 6.72. The lowest BCUT2D eigenvalue weighted by molar-refractivity contribution is 0.372. The van der Waals surface area contributed by atoms with Crippen molar-refractivity contribution in [2.45, 2.75) is 64.0 Å². The third kappa shape index (κ3) is 1.65. The van der Waals surface area contributed by atoms with Gasteiger partial charge in [0.25, 0.3) is 0 Å². The highest BCUT2D eigenvalue weighted by molar-refractivity contribution is 5.34. The second kappa shape index (κ2) is 3.86. The number of nitrogens with two attached hydrogens (primary N) is 1. The Morgan fingerprint density at radius 3 is 2.44 bits per heavy atom. The molecule has 2 saturated carbocycles. The van der Waals surface area contributed by atoms with Crippen molar-refractivity contribution in [1.82, 2.24) is 4.57 Å². The van der Waals surface area contributed by atoms with Crippen molar-refractivity contribution in [1.29, 1.82) is 0 Å². The molecular weight excluding hydrogens is 220 g/mol. The van der Waals surface area contributed by atoms with Crippen LogP contribution in [0.4, 0.5) is 0 Å². The van der Waals surface area contributed by atoms with Crippen molar-refractivity contribution < 1.29 is 0 Å². The maximum Gasteiger partial charge on any atom is 0.0392 e. The Bertz CT molecular complexity index is 454. The van der Waals surface area contributed by atoms with Gasteiger partial charge in [-0.15, -0.1) is 0 Å². The summed E-state index contributed by atoms with van der Waals surface area (Å²) >= 11 is 0. The molecule has 0 saturated heterocycles. The minimum absolute atomic E-state index is 0.299. The van der Waals surface area contributed by atoms with Crippen LogP contribution in [-0.2, 0) is 6.42 Å². The van der Waals surface area contributed by atoms with E-state index in [0.29, 0.717) is 6.04 Å². The van der Waals surface area contributed by atoms with Crippen LogP contribution >= 0.6 is 0 Å². The van der Waals surface area contributed by atoms with E-state index in [1.807, 2.05) is 0 Å². The Labute approximate surface area is 110 Å². The summed E-state index contributed by atoms with van der Waals surface area (Å²) in [5, 5.41) is 0. The molecular formula is C16H24N2. The molecule has 1 atom stereocenters. The zero-order chi connectivity index (χ0) is 12.3. The number of rotatable bonds is 3. The highest BCUT2D eigenvalue weighted by atomic mass is 15.1. The zero-order valence-corrected chi connectivity index (χ0v) is 11.4. The van der Waals surface area contributed by atoms with Gasteiger partial charge in [0.15, 0.2) is 0 Å². The van der Waals surface area contributed by atoms with E-state index >= 15 is 0 Å². The predicted molar refractivity (Wildman–Crippen MR) is 73.5 cm³/mol. The van der Waals surface area contributed by atoms with E-state index < -0.39 is 0 Å². The molecule has 3 aliphatic carbocycles. The molecule has 1 aromatic rings. The fourth-order valence-corrected chi connectivity index (χ4v) is 4.06. The molecule has 1 aromatic heterocycles. The fourth-order valence-electron chi connectivity index (χ4n) is 4.06. The first kappa shape index (κ1) is 11.1. The number of hydrogen-bond acceptors (Lipinski definition) is 1. The minimum atomic E-state index is 0.299. The van der Waals surface area contributed by atoms with Crippen molar-refractivity contribution in [2.75, 3.05) is 0 Å². The first-order valence-corrected chi connectivity index (χ1v) is 7.72. The van der Waals surface area contributed by atoms with E-state index in [4.69, 9.17) is 5.73 Å². The monoisotopic (exact) mass is 244 g/mol. The summed E-state index contributed by atoms with van der Waals surface area (Å²) in [6.45, 7) is 2.29. The first-order chi connectivity index (χ1) is 8.75. The number of aryl methyl sites for hydroxylation is 1. The largest absolute Gasteiger partial charge is 0.345 e. The molecule has 0 amide bonds. The third-order valence-electron chi connectivity index (χ3n) is 5.20. The summed E-state index contributed by atoms with van der Waals surface area (Å²) in [6.07, 6.45) is 9.54. The van der Waals surface area contributed by atoms with Crippen molar-refractivity contribution in [2.24, 2.45) is 17.6 Å². The quantitative estimate of drug-likeness (QED) is 0.867. The van der Waals surface area contributed by atoms with Gasteiger partial charge in [-0.05, 0) is 75.3 Å². The van der Waals surface area contributed by atoms with Gasteiger partial charge in [-0.3, -0.25) is 0 Å². The normalized spacial score (nSPS) is 27.6. The average Bonchev–Trinajstić information content (AvgIpc) is 3.23. The summed E-state index contributed by atoms with van der Waals surface area (Å²) < 4.78 is 2.71. The highest BCUT2D eigenvalue weighted by Gasteiger charge is 2.44. The lowest BCUT2D eigenvalue weighted by Gasteiger charge is -2.27. The molecule has 98 valence electrons. The predicted octanol–water partition coefficient (Wildman–Crippen LogP) is 3.49. The summed E-state index contributed by atoms with van der Waals surface area (Å²) in [6, 6.07) is 3.50. The molecule has 2 heteroatoms. The third-order valence-corrected chi connectivity index (χ3v) is 5.20. The standard InChI is InChI=1S/C16H24N2/c1-10-9-13-14(17)3-2-4-15(13)18(10)16(11-5-6-11)12-7-8-12/h9,11-12,14,16H,2-8,17H2,1H3.